The van der Waals surface area contributed by atoms with Crippen molar-refractivity contribution in [2.45, 2.75) is 135 Å². The Morgan fingerprint density at radius 1 is 1.12 bits per heavy atom. The van der Waals surface area contributed by atoms with E-state index >= 15 is 0 Å². The van der Waals surface area contributed by atoms with Crippen LogP contribution in [0.15, 0.2) is 11.6 Å². The average Bonchev–Trinajstić information content (AvgIpc) is 3.61. The Bertz CT molecular complexity index is 1110. The number of carbonyl (C=O) groups is 2. The van der Waals surface area contributed by atoms with Crippen molar-refractivity contribution in [2.24, 2.45) is 34.0 Å². The number of cyclic esters (lactones) is 1. The molecule has 228 valence electrons. The molecule has 0 amide bonds. The van der Waals surface area contributed by atoms with Gasteiger partial charge in [-0.15, -0.1) is 5.92 Å². The molecule has 2 aliphatic heterocycles. The molecule has 2 heterocycles. The SMILES string of the molecule is CC(C)CC[C@H](O)[C@]12[C@@H]([C@H]3C[C@](C)(C#CCCC(=O)O3)[C@]1(O)CCC1=CC(=O)OC1)[C@](C)(C1CCCC1)CC[C@@H]2O. The van der Waals surface area contributed by atoms with Crippen molar-refractivity contribution in [1.29, 1.82) is 0 Å². The van der Waals surface area contributed by atoms with Crippen LogP contribution in [0.2, 0.25) is 0 Å². The molecule has 5 aliphatic rings. The summed E-state index contributed by atoms with van der Waals surface area (Å²) in [7, 11) is 0. The first-order valence-electron chi connectivity index (χ1n) is 16.0. The number of hydrogen-bond donors (Lipinski definition) is 3. The van der Waals surface area contributed by atoms with Gasteiger partial charge >= 0.3 is 11.9 Å². The number of esters is 2. The monoisotopic (exact) mass is 570 g/mol. The summed E-state index contributed by atoms with van der Waals surface area (Å²) in [6.45, 7) is 8.61. The van der Waals surface area contributed by atoms with Crippen LogP contribution in [-0.4, -0.2) is 57.8 Å². The van der Waals surface area contributed by atoms with Crippen molar-refractivity contribution >= 4 is 11.9 Å². The van der Waals surface area contributed by atoms with Crippen molar-refractivity contribution in [3.63, 3.8) is 0 Å². The van der Waals surface area contributed by atoms with Gasteiger partial charge in [0.05, 0.1) is 35.1 Å². The lowest BCUT2D eigenvalue weighted by Gasteiger charge is -2.71. The Morgan fingerprint density at radius 2 is 1.85 bits per heavy atom. The highest BCUT2D eigenvalue weighted by molar-refractivity contribution is 5.85. The fourth-order valence-corrected chi connectivity index (χ4v) is 9.81. The second-order valence-corrected chi connectivity index (χ2v) is 14.6. The lowest BCUT2D eigenvalue weighted by Crippen LogP contribution is -2.79. The third kappa shape index (κ3) is 4.96. The largest absolute Gasteiger partial charge is 0.462 e. The predicted molar refractivity (Wildman–Crippen MR) is 154 cm³/mol. The Balaban J connectivity index is 1.74. The molecule has 7 heteroatoms. The van der Waals surface area contributed by atoms with Gasteiger partial charge in [0.15, 0.2) is 0 Å². The zero-order valence-corrected chi connectivity index (χ0v) is 25.4. The van der Waals surface area contributed by atoms with Crippen LogP contribution in [0.1, 0.15) is 111 Å². The van der Waals surface area contributed by atoms with Gasteiger partial charge in [0.1, 0.15) is 12.7 Å². The maximum atomic E-state index is 13.5. The van der Waals surface area contributed by atoms with Gasteiger partial charge in [0.2, 0.25) is 0 Å². The number of rotatable bonds is 8. The van der Waals surface area contributed by atoms with Crippen LogP contribution in [0.4, 0.5) is 0 Å². The van der Waals surface area contributed by atoms with E-state index in [4.69, 9.17) is 9.47 Å². The van der Waals surface area contributed by atoms with E-state index in [1.807, 2.05) is 6.92 Å². The zero-order chi connectivity index (χ0) is 29.6. The Labute approximate surface area is 245 Å². The highest BCUT2D eigenvalue weighted by atomic mass is 16.5. The van der Waals surface area contributed by atoms with Gasteiger partial charge in [0, 0.05) is 24.8 Å². The number of aliphatic hydroxyl groups excluding tert-OH is 2. The van der Waals surface area contributed by atoms with E-state index in [0.29, 0.717) is 43.9 Å². The summed E-state index contributed by atoms with van der Waals surface area (Å²) in [5, 5.41) is 38.2. The first-order chi connectivity index (χ1) is 19.4. The number of aliphatic hydroxyl groups is 3. The molecule has 3 saturated carbocycles. The van der Waals surface area contributed by atoms with E-state index in [0.717, 1.165) is 44.1 Å². The molecule has 2 bridgehead atoms. The van der Waals surface area contributed by atoms with E-state index in [1.54, 1.807) is 0 Å². The van der Waals surface area contributed by atoms with Crippen molar-refractivity contribution in [3.05, 3.63) is 11.6 Å². The smallest absolute Gasteiger partial charge is 0.331 e. The number of hydrogen-bond acceptors (Lipinski definition) is 7. The Kier molecular flexibility index (Phi) is 8.44. The summed E-state index contributed by atoms with van der Waals surface area (Å²) in [4.78, 5) is 25.0. The first-order valence-corrected chi connectivity index (χ1v) is 16.0. The molecule has 3 aliphatic carbocycles. The van der Waals surface area contributed by atoms with Crippen LogP contribution in [0.3, 0.4) is 0 Å². The molecule has 8 atom stereocenters. The predicted octanol–water partition coefficient (Wildman–Crippen LogP) is 4.85. The van der Waals surface area contributed by atoms with Crippen molar-refractivity contribution in [1.82, 2.24) is 0 Å². The summed E-state index contributed by atoms with van der Waals surface area (Å²) in [5.41, 5.74) is -3.60. The maximum absolute atomic E-state index is 13.5. The van der Waals surface area contributed by atoms with Crippen LogP contribution in [0.5, 0.6) is 0 Å². The lowest BCUT2D eigenvalue weighted by atomic mass is 9.35. The van der Waals surface area contributed by atoms with Gasteiger partial charge in [-0.3, -0.25) is 4.79 Å². The molecule has 0 spiro atoms. The molecule has 5 rings (SSSR count). The average molecular weight is 571 g/mol. The molecular formula is C34H50O7. The van der Waals surface area contributed by atoms with Crippen molar-refractivity contribution in [3.8, 4) is 11.8 Å². The van der Waals surface area contributed by atoms with Gasteiger partial charge in [-0.1, -0.05) is 39.5 Å². The molecule has 3 N–H and O–H groups in total. The fourth-order valence-electron chi connectivity index (χ4n) is 9.81. The van der Waals surface area contributed by atoms with Crippen LogP contribution < -0.4 is 0 Å². The van der Waals surface area contributed by atoms with E-state index < -0.39 is 40.7 Å². The summed E-state index contributed by atoms with van der Waals surface area (Å²) in [5.74, 6) is 6.11. The molecule has 0 aromatic heterocycles. The van der Waals surface area contributed by atoms with E-state index in [-0.39, 0.29) is 36.8 Å². The summed E-state index contributed by atoms with van der Waals surface area (Å²) < 4.78 is 11.5. The van der Waals surface area contributed by atoms with Crippen LogP contribution >= 0.6 is 0 Å². The second kappa shape index (κ2) is 11.3. The normalized spacial score (nSPS) is 41.8. The molecule has 41 heavy (non-hydrogen) atoms. The van der Waals surface area contributed by atoms with Gasteiger partial charge < -0.3 is 24.8 Å². The minimum absolute atomic E-state index is 0.183. The standard InChI is InChI=1S/C34H50O7/c1-22(2)12-13-26(35)34-27(36)15-17-32(4,24-9-5-6-10-24)30(34)25-20-31(3,16-8-7-11-28(37)41-25)33(34,39)18-14-23-19-29(38)40-21-23/h19,22,24-27,30,35-36,39H,5-7,9-15,17-18,20-21H2,1-4H3/t25-,26+,27+,30+,31+,32+,33-,34+/m1/s1. The van der Waals surface area contributed by atoms with Gasteiger partial charge in [-0.25, -0.2) is 4.79 Å². The molecule has 0 radical (unpaired) electrons. The molecule has 3 fully saturated rings. The zero-order valence-electron chi connectivity index (χ0n) is 25.4. The molecule has 0 aromatic rings. The molecule has 0 saturated heterocycles. The van der Waals surface area contributed by atoms with E-state index in [2.05, 4.69) is 32.6 Å². The number of carbonyl (C=O) groups excluding carboxylic acids is 2. The van der Waals surface area contributed by atoms with Gasteiger partial charge in [0.25, 0.3) is 0 Å². The van der Waals surface area contributed by atoms with Gasteiger partial charge in [-0.05, 0) is 81.1 Å². The third-order valence-corrected chi connectivity index (χ3v) is 11.8. The van der Waals surface area contributed by atoms with Crippen LogP contribution in [0.25, 0.3) is 0 Å². The Morgan fingerprint density at radius 3 is 2.51 bits per heavy atom. The Hall–Kier alpha value is -1.88. The summed E-state index contributed by atoms with van der Waals surface area (Å²) in [6.07, 6.45) is 7.10. The first kappa shape index (κ1) is 30.6. The van der Waals surface area contributed by atoms with E-state index in [1.165, 1.54) is 6.08 Å². The highest BCUT2D eigenvalue weighted by Crippen LogP contribution is 2.71. The molecular weight excluding hydrogens is 520 g/mol. The lowest BCUT2D eigenvalue weighted by molar-refractivity contribution is -0.337. The quantitative estimate of drug-likeness (QED) is 0.282. The minimum Gasteiger partial charge on any atom is -0.462 e. The topological polar surface area (TPSA) is 113 Å². The van der Waals surface area contributed by atoms with E-state index in [9.17, 15) is 24.9 Å². The molecule has 0 unspecified atom stereocenters. The molecule has 7 nitrogen and oxygen atoms in total. The summed E-state index contributed by atoms with van der Waals surface area (Å²) in [6, 6.07) is 0. The molecule has 0 aromatic carbocycles. The van der Waals surface area contributed by atoms with Crippen LogP contribution in [0, 0.1) is 45.8 Å². The minimum atomic E-state index is -1.62. The maximum Gasteiger partial charge on any atom is 0.331 e. The third-order valence-electron chi connectivity index (χ3n) is 11.8. The second-order valence-electron chi connectivity index (χ2n) is 14.6. The van der Waals surface area contributed by atoms with Crippen molar-refractivity contribution < 1.29 is 34.4 Å². The van der Waals surface area contributed by atoms with Gasteiger partial charge in [-0.2, -0.15) is 0 Å². The number of fused-ring (bicyclic) bond motifs is 4. The summed E-state index contributed by atoms with van der Waals surface area (Å²) >= 11 is 0. The number of ether oxygens (including phenoxy) is 2. The van der Waals surface area contributed by atoms with Crippen LogP contribution in [-0.2, 0) is 19.1 Å². The highest BCUT2D eigenvalue weighted by Gasteiger charge is 2.77. The van der Waals surface area contributed by atoms with Crippen molar-refractivity contribution in [2.75, 3.05) is 6.61 Å². The fraction of sp³-hybridized carbons (Fsp3) is 0.824.